The minimum atomic E-state index is -0.461. The highest BCUT2D eigenvalue weighted by Gasteiger charge is 2.14. The van der Waals surface area contributed by atoms with Gasteiger partial charge in [-0.3, -0.25) is 14.9 Å². The minimum Gasteiger partial charge on any atom is -0.497 e. The highest BCUT2D eigenvalue weighted by molar-refractivity contribution is 5.91. The van der Waals surface area contributed by atoms with Crippen LogP contribution in [0.2, 0.25) is 0 Å². The maximum atomic E-state index is 12.7. The molecule has 0 aliphatic rings. The Morgan fingerprint density at radius 3 is 2.63 bits per heavy atom. The number of nitro benzene ring substituents is 1. The lowest BCUT2D eigenvalue weighted by atomic mass is 10.2. The van der Waals surface area contributed by atoms with Crippen LogP contribution >= 0.6 is 0 Å². The Labute approximate surface area is 171 Å². The number of rotatable bonds is 6. The first-order valence-electron chi connectivity index (χ1n) is 9.19. The maximum absolute atomic E-state index is 12.7. The molecule has 4 rings (SSSR count). The maximum Gasteiger partial charge on any atom is 0.269 e. The van der Waals surface area contributed by atoms with E-state index < -0.39 is 4.92 Å². The van der Waals surface area contributed by atoms with Crippen molar-refractivity contribution in [3.63, 3.8) is 0 Å². The molecule has 2 aromatic heterocycles. The van der Waals surface area contributed by atoms with E-state index in [1.807, 2.05) is 42.0 Å². The van der Waals surface area contributed by atoms with Crippen molar-refractivity contribution >= 4 is 28.3 Å². The number of aryl methyl sites for hydroxylation is 1. The van der Waals surface area contributed by atoms with Crippen LogP contribution in [0.25, 0.3) is 16.6 Å². The number of carbonyl (C=O) groups is 1. The van der Waals surface area contributed by atoms with Crippen molar-refractivity contribution in [2.75, 3.05) is 12.4 Å². The van der Waals surface area contributed by atoms with Gasteiger partial charge in [0, 0.05) is 35.3 Å². The topological polar surface area (TPSA) is 104 Å². The predicted molar refractivity (Wildman–Crippen MR) is 112 cm³/mol. The Hall–Kier alpha value is -4.14. The number of benzene rings is 2. The summed E-state index contributed by atoms with van der Waals surface area (Å²) in [7, 11) is 1.61. The fourth-order valence-electron chi connectivity index (χ4n) is 3.28. The summed E-state index contributed by atoms with van der Waals surface area (Å²) in [6, 6.07) is 15.3. The lowest BCUT2D eigenvalue weighted by Gasteiger charge is -2.10. The number of aromatic nitrogens is 3. The second-order valence-corrected chi connectivity index (χ2v) is 6.77. The summed E-state index contributed by atoms with van der Waals surface area (Å²) < 4.78 is 8.64. The number of hydrogen-bond donors (Lipinski definition) is 1. The molecule has 2 heterocycles. The van der Waals surface area contributed by atoms with E-state index in [4.69, 9.17) is 4.74 Å². The van der Waals surface area contributed by atoms with E-state index in [-0.39, 0.29) is 18.1 Å². The number of amides is 1. The van der Waals surface area contributed by atoms with Crippen molar-refractivity contribution in [2.24, 2.45) is 0 Å². The van der Waals surface area contributed by atoms with Gasteiger partial charge in [0.1, 0.15) is 18.1 Å². The van der Waals surface area contributed by atoms with Crippen LogP contribution in [0, 0.1) is 17.0 Å². The predicted octanol–water partition coefficient (Wildman–Crippen LogP) is 3.69. The number of carbonyl (C=O) groups excluding carboxylic acids is 1. The van der Waals surface area contributed by atoms with Gasteiger partial charge in [-0.25, -0.2) is 4.68 Å². The fourth-order valence-corrected chi connectivity index (χ4v) is 3.28. The lowest BCUT2D eigenvalue weighted by Crippen LogP contribution is -2.20. The smallest absolute Gasteiger partial charge is 0.269 e. The second-order valence-electron chi connectivity index (χ2n) is 6.77. The van der Waals surface area contributed by atoms with E-state index in [1.165, 1.54) is 12.1 Å². The number of nitrogens with zero attached hydrogens (tertiary/aromatic N) is 4. The molecule has 0 saturated heterocycles. The number of nitro groups is 1. The van der Waals surface area contributed by atoms with Gasteiger partial charge < -0.3 is 14.6 Å². The van der Waals surface area contributed by atoms with Crippen LogP contribution in [-0.2, 0) is 11.3 Å². The van der Waals surface area contributed by atoms with Gasteiger partial charge in [0.15, 0.2) is 0 Å². The number of methoxy groups -OCH3 is 1. The average Bonchev–Trinajstić information content (AvgIpc) is 3.30. The molecule has 0 saturated carbocycles. The van der Waals surface area contributed by atoms with Crippen LogP contribution in [0.5, 0.6) is 5.75 Å². The Bertz CT molecular complexity index is 1240. The number of fused-ring (bicyclic) bond motifs is 1. The Kier molecular flexibility index (Phi) is 4.93. The third kappa shape index (κ3) is 3.72. The number of ether oxygens (including phenoxy) is 1. The monoisotopic (exact) mass is 405 g/mol. The quantitative estimate of drug-likeness (QED) is 0.389. The molecule has 0 aliphatic carbocycles. The Morgan fingerprint density at radius 1 is 1.17 bits per heavy atom. The molecular weight excluding hydrogens is 386 g/mol. The number of anilines is 1. The van der Waals surface area contributed by atoms with Crippen molar-refractivity contribution < 1.29 is 14.5 Å². The van der Waals surface area contributed by atoms with E-state index >= 15 is 0 Å². The summed E-state index contributed by atoms with van der Waals surface area (Å²) in [5.41, 5.74) is 2.24. The van der Waals surface area contributed by atoms with E-state index in [2.05, 4.69) is 10.4 Å². The van der Waals surface area contributed by atoms with Crippen molar-refractivity contribution in [2.45, 2.75) is 13.5 Å². The van der Waals surface area contributed by atoms with Crippen molar-refractivity contribution in [1.82, 2.24) is 14.3 Å². The molecule has 0 bridgehead atoms. The Morgan fingerprint density at radius 2 is 1.93 bits per heavy atom. The highest BCUT2D eigenvalue weighted by Crippen LogP contribution is 2.23. The van der Waals surface area contributed by atoms with Crippen molar-refractivity contribution in [3.05, 3.63) is 76.6 Å². The molecule has 152 valence electrons. The summed E-state index contributed by atoms with van der Waals surface area (Å²) in [5, 5.41) is 19.1. The summed E-state index contributed by atoms with van der Waals surface area (Å²) in [4.78, 5) is 23.1. The third-order valence-corrected chi connectivity index (χ3v) is 4.70. The van der Waals surface area contributed by atoms with Gasteiger partial charge in [0.05, 0.1) is 23.4 Å². The van der Waals surface area contributed by atoms with Crippen LogP contribution < -0.4 is 10.1 Å². The molecule has 1 amide bonds. The van der Waals surface area contributed by atoms with Gasteiger partial charge in [-0.1, -0.05) is 0 Å². The fraction of sp³-hybridized carbons (Fsp3) is 0.143. The largest absolute Gasteiger partial charge is 0.497 e. The molecule has 30 heavy (non-hydrogen) atoms. The molecule has 0 unspecified atom stereocenters. The number of nitrogens with one attached hydrogen (secondary N) is 1. The van der Waals surface area contributed by atoms with Crippen LogP contribution in [0.15, 0.2) is 60.8 Å². The van der Waals surface area contributed by atoms with Gasteiger partial charge in [0.2, 0.25) is 5.91 Å². The molecule has 0 radical (unpaired) electrons. The zero-order chi connectivity index (χ0) is 21.3. The molecule has 0 spiro atoms. The summed E-state index contributed by atoms with van der Waals surface area (Å²) in [5.74, 6) is 1.03. The molecule has 0 aliphatic heterocycles. The summed E-state index contributed by atoms with van der Waals surface area (Å²) in [6.45, 7) is 1.94. The van der Waals surface area contributed by atoms with E-state index in [1.54, 1.807) is 30.0 Å². The highest BCUT2D eigenvalue weighted by atomic mass is 16.6. The average molecular weight is 405 g/mol. The molecule has 4 aromatic rings. The third-order valence-electron chi connectivity index (χ3n) is 4.70. The molecule has 9 heteroatoms. The normalized spacial score (nSPS) is 10.9. The first kappa shape index (κ1) is 19.2. The number of hydrogen-bond acceptors (Lipinski definition) is 5. The molecule has 1 N–H and O–H groups in total. The first-order valence-corrected chi connectivity index (χ1v) is 9.19. The SMILES string of the molecule is COc1ccc2c(ccn2CC(=O)Nc2cc(C)nn2-c2ccc([N+](=O)[O-])cc2)c1. The molecular formula is C21H19N5O4. The summed E-state index contributed by atoms with van der Waals surface area (Å²) >= 11 is 0. The second kappa shape index (κ2) is 7.70. The van der Waals surface area contributed by atoms with Gasteiger partial charge >= 0.3 is 0 Å². The van der Waals surface area contributed by atoms with Crippen molar-refractivity contribution in [1.29, 1.82) is 0 Å². The standard InChI is InChI=1S/C21H19N5O4/c1-14-11-20(25(23-14)16-3-5-17(6-4-16)26(28)29)22-21(27)13-24-10-9-15-12-18(30-2)7-8-19(15)24/h3-12H,13H2,1-2H3,(H,22,27). The number of non-ortho nitro benzene ring substituents is 1. The zero-order valence-corrected chi connectivity index (χ0v) is 16.4. The van der Waals surface area contributed by atoms with Gasteiger partial charge in [-0.2, -0.15) is 5.10 Å². The first-order chi connectivity index (χ1) is 14.4. The van der Waals surface area contributed by atoms with Crippen LogP contribution in [-0.4, -0.2) is 32.3 Å². The molecule has 0 atom stereocenters. The van der Waals surface area contributed by atoms with E-state index in [0.717, 1.165) is 16.7 Å². The van der Waals surface area contributed by atoms with E-state index in [0.29, 0.717) is 17.2 Å². The van der Waals surface area contributed by atoms with Gasteiger partial charge in [0.25, 0.3) is 5.69 Å². The van der Waals surface area contributed by atoms with Crippen LogP contribution in [0.1, 0.15) is 5.69 Å². The molecule has 9 nitrogen and oxygen atoms in total. The minimum absolute atomic E-state index is 0.00988. The van der Waals surface area contributed by atoms with Crippen molar-refractivity contribution in [3.8, 4) is 11.4 Å². The van der Waals surface area contributed by atoms with Crippen LogP contribution in [0.3, 0.4) is 0 Å². The zero-order valence-electron chi connectivity index (χ0n) is 16.4. The molecule has 2 aromatic carbocycles. The lowest BCUT2D eigenvalue weighted by molar-refractivity contribution is -0.384. The molecule has 0 fully saturated rings. The van der Waals surface area contributed by atoms with Crippen LogP contribution in [0.4, 0.5) is 11.5 Å². The Balaban J connectivity index is 1.55. The van der Waals surface area contributed by atoms with E-state index in [9.17, 15) is 14.9 Å². The van der Waals surface area contributed by atoms with Gasteiger partial charge in [-0.05, 0) is 43.3 Å². The summed E-state index contributed by atoms with van der Waals surface area (Å²) in [6.07, 6.45) is 1.85. The van der Waals surface area contributed by atoms with Gasteiger partial charge in [-0.15, -0.1) is 0 Å².